The second-order valence-electron chi connectivity index (χ2n) is 4.33. The molecule has 0 bridgehead atoms. The predicted octanol–water partition coefficient (Wildman–Crippen LogP) is 5.30. The summed E-state index contributed by atoms with van der Waals surface area (Å²) < 4.78 is 14.5. The van der Waals surface area contributed by atoms with Crippen LogP contribution in [-0.4, -0.2) is 5.91 Å². The summed E-state index contributed by atoms with van der Waals surface area (Å²) in [6.45, 7) is 1.96. The van der Waals surface area contributed by atoms with Crippen molar-refractivity contribution in [3.05, 3.63) is 69.8 Å². The Morgan fingerprint density at radius 3 is 2.52 bits per heavy atom. The Balaban J connectivity index is 2.00. The van der Waals surface area contributed by atoms with Crippen molar-refractivity contribution >= 4 is 39.3 Å². The Kier molecular flexibility index (Phi) is 5.59. The molecule has 21 heavy (non-hydrogen) atoms. The quantitative estimate of drug-likeness (QED) is 0.588. The molecule has 0 aliphatic rings. The van der Waals surface area contributed by atoms with Crippen molar-refractivity contribution in [2.75, 3.05) is 5.32 Å². The molecule has 2 aromatic rings. The monoisotopic (exact) mass is 365 g/mol. The number of thioether (sulfide) groups is 1. The predicted molar refractivity (Wildman–Crippen MR) is 89.0 cm³/mol. The summed E-state index contributed by atoms with van der Waals surface area (Å²) in [6.07, 6.45) is 0.948. The van der Waals surface area contributed by atoms with Crippen LogP contribution < -0.4 is 5.32 Å². The fourth-order valence-electron chi connectivity index (χ4n) is 1.58. The minimum atomic E-state index is -0.552. The van der Waals surface area contributed by atoms with Crippen molar-refractivity contribution in [1.82, 2.24) is 0 Å². The summed E-state index contributed by atoms with van der Waals surface area (Å²) in [4.78, 5) is 12.5. The molecule has 0 fully saturated rings. The van der Waals surface area contributed by atoms with E-state index in [4.69, 9.17) is 0 Å². The summed E-state index contributed by atoms with van der Waals surface area (Å²) >= 11 is 4.23. The Morgan fingerprint density at radius 1 is 1.19 bits per heavy atom. The second kappa shape index (κ2) is 7.43. The van der Waals surface area contributed by atoms with Crippen LogP contribution >= 0.6 is 27.7 Å². The molecule has 0 unspecified atom stereocenters. The van der Waals surface area contributed by atoms with Gasteiger partial charge in [0.2, 0.25) is 0 Å². The summed E-state index contributed by atoms with van der Waals surface area (Å²) in [5.74, 6) is -0.501. The van der Waals surface area contributed by atoms with Crippen molar-refractivity contribution in [3.8, 4) is 0 Å². The van der Waals surface area contributed by atoms with Gasteiger partial charge in [-0.2, -0.15) is 4.39 Å². The molecule has 2 nitrogen and oxygen atoms in total. The van der Waals surface area contributed by atoms with E-state index in [0.717, 1.165) is 32.8 Å². The third-order valence-electron chi connectivity index (χ3n) is 2.61. The van der Waals surface area contributed by atoms with E-state index in [0.29, 0.717) is 5.69 Å². The molecule has 2 rings (SSSR count). The van der Waals surface area contributed by atoms with Crippen LogP contribution in [0.5, 0.6) is 0 Å². The number of anilines is 1. The van der Waals surface area contributed by atoms with Crippen molar-refractivity contribution in [2.24, 2.45) is 0 Å². The molecule has 0 aromatic heterocycles. The van der Waals surface area contributed by atoms with Crippen molar-refractivity contribution < 1.29 is 9.18 Å². The van der Waals surface area contributed by atoms with Gasteiger partial charge in [-0.3, -0.25) is 4.79 Å². The minimum Gasteiger partial charge on any atom is -0.321 e. The molecule has 1 N–H and O–H groups in total. The highest BCUT2D eigenvalue weighted by atomic mass is 79.9. The van der Waals surface area contributed by atoms with E-state index in [1.807, 2.05) is 37.3 Å². The van der Waals surface area contributed by atoms with E-state index >= 15 is 0 Å². The Morgan fingerprint density at radius 2 is 1.86 bits per heavy atom. The highest BCUT2D eigenvalue weighted by molar-refractivity contribution is 9.10. The largest absolute Gasteiger partial charge is 0.321 e. The van der Waals surface area contributed by atoms with E-state index in [1.54, 1.807) is 18.2 Å². The van der Waals surface area contributed by atoms with E-state index in [9.17, 15) is 9.18 Å². The first-order chi connectivity index (χ1) is 10.0. The number of nitrogens with one attached hydrogen (secondary N) is 1. The molecule has 0 aliphatic heterocycles. The maximum absolute atomic E-state index is 13.8. The van der Waals surface area contributed by atoms with Crippen LogP contribution in [0, 0.1) is 6.92 Å². The van der Waals surface area contributed by atoms with Gasteiger partial charge in [0.1, 0.15) is 0 Å². The molecular formula is C16H13BrFNOS. The number of carbonyl (C=O) groups is 1. The lowest BCUT2D eigenvalue weighted by Crippen LogP contribution is -2.08. The van der Waals surface area contributed by atoms with Crippen LogP contribution in [-0.2, 0) is 4.79 Å². The van der Waals surface area contributed by atoms with Crippen LogP contribution in [0.4, 0.5) is 10.1 Å². The van der Waals surface area contributed by atoms with Gasteiger partial charge in [-0.15, -0.1) is 0 Å². The molecule has 1 amide bonds. The number of hydrogen-bond donors (Lipinski definition) is 1. The van der Waals surface area contributed by atoms with Crippen LogP contribution in [0.25, 0.3) is 0 Å². The second-order valence-corrected chi connectivity index (χ2v) is 6.25. The topological polar surface area (TPSA) is 29.1 Å². The molecule has 0 saturated heterocycles. The van der Waals surface area contributed by atoms with Gasteiger partial charge in [-0.05, 0) is 47.1 Å². The third kappa shape index (κ3) is 5.02. The van der Waals surface area contributed by atoms with Crippen LogP contribution in [0.3, 0.4) is 0 Å². The summed E-state index contributed by atoms with van der Waals surface area (Å²) in [5, 5.41) is 2.07. The van der Waals surface area contributed by atoms with Crippen molar-refractivity contribution in [2.45, 2.75) is 11.8 Å². The van der Waals surface area contributed by atoms with Crippen molar-refractivity contribution in [3.63, 3.8) is 0 Å². The van der Waals surface area contributed by atoms with Gasteiger partial charge in [-0.25, -0.2) is 0 Å². The fraction of sp³-hybridized carbons (Fsp3) is 0.0625. The number of hydrogen-bond acceptors (Lipinski definition) is 2. The highest BCUT2D eigenvalue weighted by Gasteiger charge is 2.06. The molecule has 0 aliphatic carbocycles. The Bertz CT molecular complexity index is 670. The van der Waals surface area contributed by atoms with Crippen LogP contribution in [0.1, 0.15) is 5.56 Å². The molecule has 108 valence electrons. The standard InChI is InChI=1S/C16H13BrFNOS/c1-11-6-8-12(9-7-11)21-15(18)10-16(20)19-14-5-3-2-4-13(14)17/h2-10H,1H3,(H,19,20). The molecule has 5 heteroatoms. The molecule has 0 heterocycles. The zero-order valence-corrected chi connectivity index (χ0v) is 13.7. The Hall–Kier alpha value is -1.59. The van der Waals surface area contributed by atoms with Gasteiger partial charge >= 0.3 is 0 Å². The van der Waals surface area contributed by atoms with Crippen LogP contribution in [0.15, 0.2) is 69.1 Å². The number of carbonyl (C=O) groups excluding carboxylic acids is 1. The average Bonchev–Trinajstić information content (AvgIpc) is 2.44. The highest BCUT2D eigenvalue weighted by Crippen LogP contribution is 2.28. The van der Waals surface area contributed by atoms with E-state index < -0.39 is 11.1 Å². The maximum atomic E-state index is 13.8. The van der Waals surface area contributed by atoms with Crippen molar-refractivity contribution in [1.29, 1.82) is 0 Å². The van der Waals surface area contributed by atoms with Gasteiger partial charge < -0.3 is 5.32 Å². The van der Waals surface area contributed by atoms with E-state index in [-0.39, 0.29) is 0 Å². The maximum Gasteiger partial charge on any atom is 0.251 e. The molecule has 0 spiro atoms. The number of halogens is 2. The summed E-state index contributed by atoms with van der Waals surface area (Å²) in [6, 6.07) is 14.6. The number of amides is 1. The first-order valence-corrected chi connectivity index (χ1v) is 7.83. The summed E-state index contributed by atoms with van der Waals surface area (Å²) in [5.41, 5.74) is 1.71. The fourth-order valence-corrected chi connectivity index (χ4v) is 2.63. The SMILES string of the molecule is Cc1ccc(SC(F)=CC(=O)Nc2ccccc2Br)cc1. The average molecular weight is 366 g/mol. The van der Waals surface area contributed by atoms with Gasteiger partial charge in [0.05, 0.1) is 5.69 Å². The molecule has 0 atom stereocenters. The number of benzene rings is 2. The lowest BCUT2D eigenvalue weighted by molar-refractivity contribution is -0.112. The zero-order valence-electron chi connectivity index (χ0n) is 11.3. The lowest BCUT2D eigenvalue weighted by Gasteiger charge is -2.04. The van der Waals surface area contributed by atoms with Gasteiger partial charge in [0.15, 0.2) is 5.16 Å². The third-order valence-corrected chi connectivity index (χ3v) is 4.12. The molecule has 0 saturated carbocycles. The number of aryl methyl sites for hydroxylation is 1. The van der Waals surface area contributed by atoms with E-state index in [1.165, 1.54) is 0 Å². The van der Waals surface area contributed by atoms with Gasteiger partial charge in [-0.1, -0.05) is 41.6 Å². The summed E-state index contributed by atoms with van der Waals surface area (Å²) in [7, 11) is 0. The normalized spacial score (nSPS) is 11.3. The number of para-hydroxylation sites is 1. The Labute approximate surface area is 135 Å². The number of rotatable bonds is 4. The van der Waals surface area contributed by atoms with Gasteiger partial charge in [0, 0.05) is 15.4 Å². The molecule has 2 aromatic carbocycles. The lowest BCUT2D eigenvalue weighted by atomic mass is 10.2. The smallest absolute Gasteiger partial charge is 0.251 e. The first kappa shape index (κ1) is 15.8. The minimum absolute atomic E-state index is 0.501. The van der Waals surface area contributed by atoms with Crippen LogP contribution in [0.2, 0.25) is 0 Å². The molecular weight excluding hydrogens is 353 g/mol. The van der Waals surface area contributed by atoms with Gasteiger partial charge in [0.25, 0.3) is 5.91 Å². The molecule has 0 radical (unpaired) electrons. The zero-order chi connectivity index (χ0) is 15.2. The first-order valence-electron chi connectivity index (χ1n) is 6.22. The van der Waals surface area contributed by atoms with E-state index in [2.05, 4.69) is 21.2 Å².